The highest BCUT2D eigenvalue weighted by atomic mass is 16.5. The maximum atomic E-state index is 12.9. The van der Waals surface area contributed by atoms with Gasteiger partial charge in [-0.2, -0.15) is 0 Å². The molecule has 0 unspecified atom stereocenters. The number of hydrogen-bond acceptors (Lipinski definition) is 3. The van der Waals surface area contributed by atoms with Crippen LogP contribution in [0.25, 0.3) is 0 Å². The Labute approximate surface area is 154 Å². The van der Waals surface area contributed by atoms with Crippen molar-refractivity contribution in [3.05, 3.63) is 24.3 Å². The van der Waals surface area contributed by atoms with Crippen molar-refractivity contribution < 1.29 is 14.3 Å². The van der Waals surface area contributed by atoms with Crippen LogP contribution >= 0.6 is 0 Å². The van der Waals surface area contributed by atoms with Crippen molar-refractivity contribution in [1.29, 1.82) is 0 Å². The van der Waals surface area contributed by atoms with E-state index in [4.69, 9.17) is 4.74 Å². The molecule has 3 aliphatic heterocycles. The number of methoxy groups -OCH3 is 1. The molecule has 1 aliphatic carbocycles. The van der Waals surface area contributed by atoms with Crippen molar-refractivity contribution in [3.8, 4) is 5.75 Å². The summed E-state index contributed by atoms with van der Waals surface area (Å²) in [6.45, 7) is 2.01. The molecule has 0 spiro atoms. The van der Waals surface area contributed by atoms with Crippen LogP contribution in [0.3, 0.4) is 0 Å². The van der Waals surface area contributed by atoms with Gasteiger partial charge in [0, 0.05) is 25.7 Å². The first kappa shape index (κ1) is 17.2. The van der Waals surface area contributed by atoms with Gasteiger partial charge in [0.25, 0.3) is 0 Å². The van der Waals surface area contributed by atoms with Gasteiger partial charge in [0.2, 0.25) is 5.91 Å². The highest BCUT2D eigenvalue weighted by Crippen LogP contribution is 2.34. The van der Waals surface area contributed by atoms with Crippen molar-refractivity contribution >= 4 is 17.6 Å². The number of para-hydroxylation sites is 2. The zero-order chi connectivity index (χ0) is 18.1. The summed E-state index contributed by atoms with van der Waals surface area (Å²) in [4.78, 5) is 29.6. The number of carbonyl (C=O) groups excluding carboxylic acids is 2. The molecule has 3 heterocycles. The summed E-state index contributed by atoms with van der Waals surface area (Å²) in [6, 6.07) is 7.41. The molecule has 4 aliphatic rings. The Kier molecular flexibility index (Phi) is 4.74. The number of nitrogens with one attached hydrogen (secondary N) is 1. The van der Waals surface area contributed by atoms with Crippen LogP contribution in [0.4, 0.5) is 10.5 Å². The summed E-state index contributed by atoms with van der Waals surface area (Å²) in [5.41, 5.74) is 0.661. The molecule has 4 fully saturated rings. The number of nitrogens with zero attached hydrogens (tertiary/aromatic N) is 2. The van der Waals surface area contributed by atoms with Gasteiger partial charge < -0.3 is 19.9 Å². The molecule has 2 atom stereocenters. The molecule has 5 rings (SSSR count). The number of urea groups is 1. The van der Waals surface area contributed by atoms with Crippen molar-refractivity contribution in [2.45, 2.75) is 38.1 Å². The molecule has 1 aromatic carbocycles. The van der Waals surface area contributed by atoms with Gasteiger partial charge in [-0.05, 0) is 43.7 Å². The number of anilines is 1. The first-order valence-electron chi connectivity index (χ1n) is 9.65. The van der Waals surface area contributed by atoms with E-state index in [1.165, 1.54) is 19.3 Å². The van der Waals surface area contributed by atoms with E-state index in [9.17, 15) is 9.59 Å². The topological polar surface area (TPSA) is 61.9 Å². The molecule has 6 heteroatoms. The lowest BCUT2D eigenvalue weighted by atomic mass is 9.83. The number of fused-ring (bicyclic) bond motifs is 4. The summed E-state index contributed by atoms with van der Waals surface area (Å²) >= 11 is 0. The minimum atomic E-state index is -0.148. The maximum Gasteiger partial charge on any atom is 0.322 e. The zero-order valence-electron chi connectivity index (χ0n) is 15.3. The van der Waals surface area contributed by atoms with E-state index in [0.717, 1.165) is 19.4 Å². The van der Waals surface area contributed by atoms with Crippen LogP contribution in [0, 0.1) is 11.8 Å². The largest absolute Gasteiger partial charge is 0.495 e. The predicted molar refractivity (Wildman–Crippen MR) is 99.2 cm³/mol. The lowest BCUT2D eigenvalue weighted by molar-refractivity contribution is -0.141. The number of rotatable bonds is 4. The first-order valence-corrected chi connectivity index (χ1v) is 9.65. The number of amides is 3. The zero-order valence-corrected chi connectivity index (χ0v) is 15.3. The molecule has 0 radical (unpaired) electrons. The van der Waals surface area contributed by atoms with Gasteiger partial charge in [0.05, 0.1) is 18.7 Å². The Morgan fingerprint density at radius 2 is 2.00 bits per heavy atom. The number of piperidine rings is 1. The quantitative estimate of drug-likeness (QED) is 0.901. The highest BCUT2D eigenvalue weighted by Gasteiger charge is 2.42. The Hall–Kier alpha value is -2.24. The molecule has 26 heavy (non-hydrogen) atoms. The Morgan fingerprint density at radius 3 is 2.73 bits per heavy atom. The second-order valence-electron chi connectivity index (χ2n) is 7.75. The van der Waals surface area contributed by atoms with Gasteiger partial charge >= 0.3 is 6.03 Å². The average molecular weight is 357 g/mol. The van der Waals surface area contributed by atoms with Crippen molar-refractivity contribution in [1.82, 2.24) is 9.80 Å². The monoisotopic (exact) mass is 357 g/mol. The molecule has 2 bridgehead atoms. The lowest BCUT2D eigenvalue weighted by Crippen LogP contribution is -2.50. The molecular formula is C20H27N3O3. The van der Waals surface area contributed by atoms with Crippen LogP contribution in [0.15, 0.2) is 24.3 Å². The third-order valence-electron chi connectivity index (χ3n) is 6.11. The molecule has 3 saturated heterocycles. The molecule has 3 amide bonds. The summed E-state index contributed by atoms with van der Waals surface area (Å²) in [5, 5.41) is 2.95. The lowest BCUT2D eigenvalue weighted by Gasteiger charge is -2.40. The van der Waals surface area contributed by atoms with E-state index < -0.39 is 0 Å². The van der Waals surface area contributed by atoms with Gasteiger partial charge in [-0.3, -0.25) is 4.79 Å². The molecule has 1 aromatic rings. The van der Waals surface area contributed by atoms with E-state index in [-0.39, 0.29) is 23.9 Å². The van der Waals surface area contributed by atoms with Gasteiger partial charge in [-0.15, -0.1) is 0 Å². The Morgan fingerprint density at radius 1 is 1.19 bits per heavy atom. The fraction of sp³-hybridized carbons (Fsp3) is 0.600. The number of ether oxygens (including phenoxy) is 1. The van der Waals surface area contributed by atoms with Crippen LogP contribution in [-0.2, 0) is 4.79 Å². The van der Waals surface area contributed by atoms with E-state index in [2.05, 4.69) is 10.2 Å². The third kappa shape index (κ3) is 3.24. The summed E-state index contributed by atoms with van der Waals surface area (Å²) in [5.74, 6) is 1.49. The van der Waals surface area contributed by atoms with E-state index in [0.29, 0.717) is 30.4 Å². The Balaban J connectivity index is 1.46. The maximum absolute atomic E-state index is 12.9. The van der Waals surface area contributed by atoms with Crippen LogP contribution in [-0.4, -0.2) is 54.5 Å². The van der Waals surface area contributed by atoms with Gasteiger partial charge in [0.15, 0.2) is 0 Å². The standard InChI is InChI=1S/C20H27N3O3/c1-26-18-8-3-2-7-17(18)21-20(25)22-12-15-9-10-16(13-22)23(19(15)24)11-14-5-4-6-14/h2-3,7-8,14-16H,4-6,9-13H2,1H3,(H,21,25)/t15-,16+/m1/s1. The molecular weight excluding hydrogens is 330 g/mol. The first-order chi connectivity index (χ1) is 12.7. The van der Waals surface area contributed by atoms with Gasteiger partial charge in [-0.1, -0.05) is 18.6 Å². The van der Waals surface area contributed by atoms with E-state index in [1.807, 2.05) is 29.2 Å². The molecule has 140 valence electrons. The minimum Gasteiger partial charge on any atom is -0.495 e. The SMILES string of the molecule is COc1ccccc1NC(=O)N1C[C@H]2CC[C@@H](C1)N(CC1CCC1)C2=O. The average Bonchev–Trinajstić information content (AvgIpc) is 2.90. The predicted octanol–water partition coefficient (Wildman–Crippen LogP) is 2.95. The highest BCUT2D eigenvalue weighted by molar-refractivity contribution is 5.92. The summed E-state index contributed by atoms with van der Waals surface area (Å²) in [6.07, 6.45) is 5.65. The molecule has 0 aromatic heterocycles. The van der Waals surface area contributed by atoms with E-state index >= 15 is 0 Å². The second kappa shape index (κ2) is 7.17. The van der Waals surface area contributed by atoms with Crippen LogP contribution in [0.2, 0.25) is 0 Å². The molecule has 1 saturated carbocycles. The van der Waals surface area contributed by atoms with Crippen molar-refractivity contribution in [2.24, 2.45) is 11.8 Å². The van der Waals surface area contributed by atoms with Crippen molar-refractivity contribution in [2.75, 3.05) is 32.1 Å². The minimum absolute atomic E-state index is 0.0581. The van der Waals surface area contributed by atoms with Gasteiger partial charge in [-0.25, -0.2) is 4.79 Å². The molecule has 1 N–H and O–H groups in total. The summed E-state index contributed by atoms with van der Waals surface area (Å²) in [7, 11) is 1.59. The molecule has 6 nitrogen and oxygen atoms in total. The normalized spacial score (nSPS) is 25.7. The summed E-state index contributed by atoms with van der Waals surface area (Å²) < 4.78 is 5.31. The van der Waals surface area contributed by atoms with Crippen molar-refractivity contribution in [3.63, 3.8) is 0 Å². The smallest absolute Gasteiger partial charge is 0.322 e. The second-order valence-corrected chi connectivity index (χ2v) is 7.75. The third-order valence-corrected chi connectivity index (χ3v) is 6.11. The Bertz CT molecular complexity index is 689. The number of carbonyl (C=O) groups is 2. The number of benzene rings is 1. The van der Waals surface area contributed by atoms with E-state index in [1.54, 1.807) is 7.11 Å². The fourth-order valence-corrected chi connectivity index (χ4v) is 4.34. The van der Waals surface area contributed by atoms with Crippen LogP contribution < -0.4 is 10.1 Å². The number of hydrogen-bond donors (Lipinski definition) is 1. The van der Waals surface area contributed by atoms with Crippen LogP contribution in [0.5, 0.6) is 5.75 Å². The van der Waals surface area contributed by atoms with Gasteiger partial charge in [0.1, 0.15) is 5.75 Å². The van der Waals surface area contributed by atoms with Crippen LogP contribution in [0.1, 0.15) is 32.1 Å². The fourth-order valence-electron chi connectivity index (χ4n) is 4.34.